The Hall–Kier alpha value is -4.00. The van der Waals surface area contributed by atoms with Gasteiger partial charge in [0, 0.05) is 29.0 Å². The van der Waals surface area contributed by atoms with Crippen molar-refractivity contribution in [1.29, 1.82) is 0 Å². The zero-order valence-electron chi connectivity index (χ0n) is 22.8. The van der Waals surface area contributed by atoms with Crippen molar-refractivity contribution in [2.24, 2.45) is 29.4 Å². The number of Topliss-reactive ketones (excluding diaryl/α,β-unsaturated/α-hetero) is 3. The van der Waals surface area contributed by atoms with E-state index in [0.717, 1.165) is 0 Å². The van der Waals surface area contributed by atoms with Gasteiger partial charge in [0.15, 0.2) is 34.4 Å². The van der Waals surface area contributed by atoms with E-state index in [1.54, 1.807) is 32.3 Å². The summed E-state index contributed by atoms with van der Waals surface area (Å²) in [6.07, 6.45) is -2.68. The molecule has 3 aliphatic carbocycles. The third-order valence-electron chi connectivity index (χ3n) is 9.27. The second kappa shape index (κ2) is 9.00. The molecule has 0 spiro atoms. The molecule has 2 aromatic carbocycles. The molecule has 4 aliphatic rings. The fourth-order valence-electron chi connectivity index (χ4n) is 7.57. The number of phenolic OH excluding ortho intramolecular Hbond substituents is 1. The van der Waals surface area contributed by atoms with Gasteiger partial charge in [-0.2, -0.15) is 0 Å². The zero-order chi connectivity index (χ0) is 29.7. The number of nitrogens with zero attached hydrogens (tertiary/aromatic N) is 1. The zero-order valence-corrected chi connectivity index (χ0v) is 22.8. The summed E-state index contributed by atoms with van der Waals surface area (Å²) in [5, 5.41) is 33.8. The van der Waals surface area contributed by atoms with E-state index >= 15 is 0 Å². The van der Waals surface area contributed by atoms with E-state index in [1.807, 2.05) is 0 Å². The largest absolute Gasteiger partial charge is 0.507 e. The van der Waals surface area contributed by atoms with Crippen molar-refractivity contribution >= 4 is 23.3 Å². The van der Waals surface area contributed by atoms with E-state index in [2.05, 4.69) is 0 Å². The quantitative estimate of drug-likeness (QED) is 0.371. The fraction of sp³-hybridized carbons (Fsp3) is 0.448. The maximum atomic E-state index is 14.2. The standard InChI is InChI=1S/C29H30N2O10/c1-31(2)20-13-9-12-17(26(35)29(13,38)27(36)19(22(20)34)28(30)37)21(33)18-14(32)7-5-10-11-6-8-15(39-3)25(40-4)24(11)41-23(12)16(10)18/h5-8,12-13,17,19-20,22-23,32,34,38H,9H2,1-4H3,(H2,30,37)/t12-,13-,17?,19?,20-,22?,23?,29-/m1/s1. The van der Waals surface area contributed by atoms with E-state index in [0.29, 0.717) is 28.2 Å². The summed E-state index contributed by atoms with van der Waals surface area (Å²) in [6, 6.07) is 5.38. The van der Waals surface area contributed by atoms with E-state index in [4.69, 9.17) is 19.9 Å². The lowest BCUT2D eigenvalue weighted by atomic mass is 9.51. The highest BCUT2D eigenvalue weighted by Gasteiger charge is 2.70. The van der Waals surface area contributed by atoms with Gasteiger partial charge in [-0.05, 0) is 44.3 Å². The lowest BCUT2D eigenvalue weighted by molar-refractivity contribution is -0.193. The van der Waals surface area contributed by atoms with Crippen molar-refractivity contribution in [3.8, 4) is 34.1 Å². The molecule has 12 heteroatoms. The Morgan fingerprint density at radius 2 is 1.76 bits per heavy atom. The van der Waals surface area contributed by atoms with Crippen LogP contribution in [0.15, 0.2) is 24.3 Å². The number of nitrogens with two attached hydrogens (primary N) is 1. The van der Waals surface area contributed by atoms with Crippen molar-refractivity contribution < 1.29 is 48.7 Å². The van der Waals surface area contributed by atoms with Crippen LogP contribution in [-0.4, -0.2) is 89.5 Å². The first-order valence-corrected chi connectivity index (χ1v) is 13.2. The molecule has 6 rings (SSSR count). The fourth-order valence-corrected chi connectivity index (χ4v) is 7.57. The van der Waals surface area contributed by atoms with Crippen molar-refractivity contribution in [3.05, 3.63) is 35.4 Å². The number of hydrogen-bond acceptors (Lipinski definition) is 11. The topological polar surface area (TPSA) is 186 Å². The highest BCUT2D eigenvalue weighted by atomic mass is 16.5. The summed E-state index contributed by atoms with van der Waals surface area (Å²) < 4.78 is 17.6. The van der Waals surface area contributed by atoms with Crippen LogP contribution in [0.3, 0.4) is 0 Å². The Balaban J connectivity index is 1.58. The normalized spacial score (nSPS) is 33.2. The molecule has 0 radical (unpaired) electrons. The number of aliphatic hydroxyl groups excluding tert-OH is 1. The molecule has 2 aromatic rings. The smallest absolute Gasteiger partial charge is 0.230 e. The van der Waals surface area contributed by atoms with Gasteiger partial charge in [0.2, 0.25) is 11.7 Å². The van der Waals surface area contributed by atoms with Gasteiger partial charge in [0.05, 0.1) is 31.8 Å². The number of ether oxygens (including phenoxy) is 3. The molecule has 8 atom stereocenters. The number of likely N-dealkylation sites (N-methyl/N-ethyl adjacent to an activating group) is 1. The van der Waals surface area contributed by atoms with Gasteiger partial charge in [-0.3, -0.25) is 19.2 Å². The van der Waals surface area contributed by atoms with Crippen LogP contribution in [-0.2, 0) is 14.4 Å². The predicted molar refractivity (Wildman–Crippen MR) is 141 cm³/mol. The number of fused-ring (bicyclic) bond motifs is 5. The van der Waals surface area contributed by atoms with Crippen molar-refractivity contribution in [1.82, 2.24) is 4.90 Å². The van der Waals surface area contributed by atoms with Crippen LogP contribution in [0.25, 0.3) is 11.1 Å². The number of primary amides is 1. The predicted octanol–water partition coefficient (Wildman–Crippen LogP) is 0.234. The highest BCUT2D eigenvalue weighted by Crippen LogP contribution is 2.60. The minimum Gasteiger partial charge on any atom is -0.507 e. The average Bonchev–Trinajstić information content (AvgIpc) is 2.92. The van der Waals surface area contributed by atoms with E-state index < -0.39 is 70.8 Å². The number of hydrogen-bond donors (Lipinski definition) is 4. The molecule has 2 fully saturated rings. The lowest BCUT2D eigenvalue weighted by Crippen LogP contribution is -2.75. The van der Waals surface area contributed by atoms with E-state index in [-0.39, 0.29) is 23.5 Å². The van der Waals surface area contributed by atoms with Crippen LogP contribution < -0.4 is 19.9 Å². The Morgan fingerprint density at radius 3 is 2.37 bits per heavy atom. The highest BCUT2D eigenvalue weighted by molar-refractivity contribution is 6.26. The SMILES string of the molecule is COc1ccc2c(c1OC)OC1c3c-2ccc(O)c3C(=O)C2C(=O)[C@@]3(O)C(=O)C(C(N)=O)C(O)[C@H](N(C)C)[C@H]3C[C@H]21. The third-order valence-corrected chi connectivity index (χ3v) is 9.27. The molecule has 0 bridgehead atoms. The molecule has 0 aromatic heterocycles. The minimum absolute atomic E-state index is 0.101. The van der Waals surface area contributed by atoms with E-state index in [1.165, 1.54) is 25.2 Å². The Morgan fingerprint density at radius 1 is 1.07 bits per heavy atom. The van der Waals surface area contributed by atoms with Crippen LogP contribution in [0.4, 0.5) is 0 Å². The van der Waals surface area contributed by atoms with Crippen LogP contribution in [0.1, 0.15) is 28.4 Å². The van der Waals surface area contributed by atoms with Gasteiger partial charge < -0.3 is 40.2 Å². The molecule has 1 heterocycles. The number of carbonyl (C=O) groups is 4. The lowest BCUT2D eigenvalue weighted by Gasteiger charge is -2.56. The van der Waals surface area contributed by atoms with Crippen molar-refractivity contribution in [3.63, 3.8) is 0 Å². The molecule has 216 valence electrons. The first-order valence-electron chi connectivity index (χ1n) is 13.2. The average molecular weight is 567 g/mol. The number of ketones is 3. The number of rotatable bonds is 4. The number of phenols is 1. The first kappa shape index (κ1) is 27.2. The number of amides is 1. The van der Waals surface area contributed by atoms with Gasteiger partial charge >= 0.3 is 0 Å². The van der Waals surface area contributed by atoms with Gasteiger partial charge in [0.25, 0.3) is 0 Å². The first-order chi connectivity index (χ1) is 19.4. The molecule has 41 heavy (non-hydrogen) atoms. The van der Waals surface area contributed by atoms with E-state index in [9.17, 15) is 34.5 Å². The molecule has 0 saturated heterocycles. The molecule has 1 aliphatic heterocycles. The number of carbonyl (C=O) groups excluding carboxylic acids is 4. The summed E-state index contributed by atoms with van der Waals surface area (Å²) in [6.45, 7) is 0. The van der Waals surface area contributed by atoms with Crippen LogP contribution in [0.5, 0.6) is 23.0 Å². The molecular formula is C29H30N2O10. The second-order valence-electron chi connectivity index (χ2n) is 11.3. The summed E-state index contributed by atoms with van der Waals surface area (Å²) in [4.78, 5) is 55.6. The van der Waals surface area contributed by atoms with Crippen LogP contribution >= 0.6 is 0 Å². The summed E-state index contributed by atoms with van der Waals surface area (Å²) in [5.74, 6) is -9.22. The van der Waals surface area contributed by atoms with Crippen molar-refractivity contribution in [2.75, 3.05) is 28.3 Å². The summed E-state index contributed by atoms with van der Waals surface area (Å²) in [7, 11) is 6.09. The Kier molecular flexibility index (Phi) is 5.97. The molecular weight excluding hydrogens is 536 g/mol. The number of benzene rings is 2. The maximum absolute atomic E-state index is 14.2. The van der Waals surface area contributed by atoms with Gasteiger partial charge in [-0.1, -0.05) is 6.07 Å². The minimum atomic E-state index is -2.77. The Labute approximate surface area is 234 Å². The maximum Gasteiger partial charge on any atom is 0.230 e. The number of aromatic hydroxyl groups is 1. The van der Waals surface area contributed by atoms with Crippen LogP contribution in [0, 0.1) is 23.7 Å². The van der Waals surface area contributed by atoms with Gasteiger partial charge in [-0.25, -0.2) is 0 Å². The monoisotopic (exact) mass is 566 g/mol. The number of methoxy groups -OCH3 is 2. The molecule has 12 nitrogen and oxygen atoms in total. The Bertz CT molecular complexity index is 1540. The summed E-state index contributed by atoms with van der Waals surface area (Å²) >= 11 is 0. The van der Waals surface area contributed by atoms with Gasteiger partial charge in [-0.15, -0.1) is 0 Å². The summed E-state index contributed by atoms with van der Waals surface area (Å²) in [5.41, 5.74) is 4.08. The molecule has 5 N–H and O–H groups in total. The molecule has 1 amide bonds. The molecule has 4 unspecified atom stereocenters. The number of aliphatic hydroxyl groups is 2. The van der Waals surface area contributed by atoms with Gasteiger partial charge in [0.1, 0.15) is 17.8 Å². The third kappa shape index (κ3) is 3.32. The van der Waals surface area contributed by atoms with Crippen molar-refractivity contribution in [2.45, 2.75) is 30.3 Å². The van der Waals surface area contributed by atoms with Crippen LogP contribution in [0.2, 0.25) is 0 Å². The molecule has 2 saturated carbocycles. The second-order valence-corrected chi connectivity index (χ2v) is 11.3.